The molecule has 0 unspecified atom stereocenters. The smallest absolute Gasteiger partial charge is 0.311 e. The standard InChI is InChI=1S/C10H9BrO3/c1-6-2-3-8(11)7(4-6)9(12)5-10(13)14/h2-4H,5H2,1H3,(H,13,14). The Morgan fingerprint density at radius 2 is 2.07 bits per heavy atom. The van der Waals surface area contributed by atoms with Crippen molar-refractivity contribution in [2.24, 2.45) is 0 Å². The molecule has 0 amide bonds. The number of benzene rings is 1. The van der Waals surface area contributed by atoms with E-state index in [9.17, 15) is 9.59 Å². The fourth-order valence-electron chi connectivity index (χ4n) is 1.09. The average Bonchev–Trinajstić information content (AvgIpc) is 2.08. The highest BCUT2D eigenvalue weighted by atomic mass is 79.9. The Labute approximate surface area is 89.9 Å². The first-order valence-electron chi connectivity index (χ1n) is 4.02. The van der Waals surface area contributed by atoms with Crippen LogP contribution in [0.2, 0.25) is 0 Å². The van der Waals surface area contributed by atoms with Crippen LogP contribution in [0.1, 0.15) is 22.3 Å². The molecule has 1 rings (SSSR count). The zero-order valence-electron chi connectivity index (χ0n) is 7.58. The van der Waals surface area contributed by atoms with Crippen molar-refractivity contribution >= 4 is 27.7 Å². The van der Waals surface area contributed by atoms with E-state index in [1.165, 1.54) is 0 Å². The quantitative estimate of drug-likeness (QED) is 0.668. The molecular weight excluding hydrogens is 248 g/mol. The molecule has 0 atom stereocenters. The van der Waals surface area contributed by atoms with Crippen LogP contribution in [0.5, 0.6) is 0 Å². The number of aryl methyl sites for hydroxylation is 1. The second-order valence-electron chi connectivity index (χ2n) is 2.98. The lowest BCUT2D eigenvalue weighted by Crippen LogP contribution is -2.07. The maximum atomic E-state index is 11.4. The third-order valence-corrected chi connectivity index (χ3v) is 2.43. The normalized spacial score (nSPS) is 9.86. The van der Waals surface area contributed by atoms with Crippen LogP contribution < -0.4 is 0 Å². The number of aliphatic carboxylic acids is 1. The second-order valence-corrected chi connectivity index (χ2v) is 3.83. The van der Waals surface area contributed by atoms with Gasteiger partial charge >= 0.3 is 5.97 Å². The maximum absolute atomic E-state index is 11.4. The van der Waals surface area contributed by atoms with Gasteiger partial charge in [-0.3, -0.25) is 9.59 Å². The van der Waals surface area contributed by atoms with Crippen molar-refractivity contribution in [1.29, 1.82) is 0 Å². The van der Waals surface area contributed by atoms with E-state index in [-0.39, 0.29) is 5.78 Å². The van der Waals surface area contributed by atoms with Gasteiger partial charge in [-0.15, -0.1) is 0 Å². The van der Waals surface area contributed by atoms with Crippen molar-refractivity contribution in [3.63, 3.8) is 0 Å². The molecule has 0 aliphatic heterocycles. The van der Waals surface area contributed by atoms with E-state index in [0.717, 1.165) is 5.56 Å². The summed E-state index contributed by atoms with van der Waals surface area (Å²) in [5.41, 5.74) is 1.36. The molecule has 0 radical (unpaired) electrons. The van der Waals surface area contributed by atoms with Crippen LogP contribution in [0.3, 0.4) is 0 Å². The molecule has 0 aromatic heterocycles. The molecule has 4 heteroatoms. The van der Waals surface area contributed by atoms with Crippen molar-refractivity contribution in [2.45, 2.75) is 13.3 Å². The van der Waals surface area contributed by atoms with Crippen LogP contribution in [0.15, 0.2) is 22.7 Å². The van der Waals surface area contributed by atoms with Crippen LogP contribution in [-0.4, -0.2) is 16.9 Å². The number of hydrogen-bond acceptors (Lipinski definition) is 2. The Morgan fingerprint density at radius 3 is 2.64 bits per heavy atom. The average molecular weight is 257 g/mol. The molecule has 0 heterocycles. The van der Waals surface area contributed by atoms with Gasteiger partial charge in [0, 0.05) is 10.0 Å². The highest BCUT2D eigenvalue weighted by molar-refractivity contribution is 9.10. The molecule has 14 heavy (non-hydrogen) atoms. The van der Waals surface area contributed by atoms with Gasteiger partial charge in [0.15, 0.2) is 5.78 Å². The topological polar surface area (TPSA) is 54.4 Å². The minimum atomic E-state index is -1.11. The maximum Gasteiger partial charge on any atom is 0.311 e. The lowest BCUT2D eigenvalue weighted by molar-refractivity contribution is -0.135. The van der Waals surface area contributed by atoms with Gasteiger partial charge in [-0.1, -0.05) is 27.6 Å². The highest BCUT2D eigenvalue weighted by Gasteiger charge is 2.13. The minimum absolute atomic E-state index is 0.381. The van der Waals surface area contributed by atoms with Gasteiger partial charge in [-0.05, 0) is 19.1 Å². The molecule has 1 N–H and O–H groups in total. The molecule has 3 nitrogen and oxygen atoms in total. The van der Waals surface area contributed by atoms with Gasteiger partial charge < -0.3 is 5.11 Å². The molecule has 0 aliphatic carbocycles. The van der Waals surface area contributed by atoms with E-state index in [0.29, 0.717) is 10.0 Å². The number of ketones is 1. The van der Waals surface area contributed by atoms with Gasteiger partial charge in [0.1, 0.15) is 6.42 Å². The van der Waals surface area contributed by atoms with E-state index in [4.69, 9.17) is 5.11 Å². The third kappa shape index (κ3) is 2.67. The van der Waals surface area contributed by atoms with Gasteiger partial charge in [0.25, 0.3) is 0 Å². The Bertz CT molecular complexity index is 385. The van der Waals surface area contributed by atoms with Gasteiger partial charge in [0.2, 0.25) is 0 Å². The molecule has 1 aromatic carbocycles. The fraction of sp³-hybridized carbons (Fsp3) is 0.200. The number of Topliss-reactive ketones (excluding diaryl/α,β-unsaturated/α-hetero) is 1. The molecule has 1 aromatic rings. The number of hydrogen-bond donors (Lipinski definition) is 1. The largest absolute Gasteiger partial charge is 0.481 e. The van der Waals surface area contributed by atoms with Crippen molar-refractivity contribution in [1.82, 2.24) is 0 Å². The number of carboxylic acids is 1. The first kappa shape index (κ1) is 10.9. The summed E-state index contributed by atoms with van der Waals surface area (Å²) < 4.78 is 0.634. The summed E-state index contributed by atoms with van der Waals surface area (Å²) in [6.45, 7) is 1.85. The van der Waals surface area contributed by atoms with E-state index in [1.54, 1.807) is 12.1 Å². The number of rotatable bonds is 3. The minimum Gasteiger partial charge on any atom is -0.481 e. The van der Waals surface area contributed by atoms with Crippen molar-refractivity contribution in [3.05, 3.63) is 33.8 Å². The molecular formula is C10H9BrO3. The molecule has 0 fully saturated rings. The van der Waals surface area contributed by atoms with Crippen molar-refractivity contribution in [3.8, 4) is 0 Å². The van der Waals surface area contributed by atoms with Crippen molar-refractivity contribution < 1.29 is 14.7 Å². The molecule has 0 saturated heterocycles. The Balaban J connectivity index is 3.00. The van der Waals surface area contributed by atoms with Crippen LogP contribution >= 0.6 is 15.9 Å². The summed E-state index contributed by atoms with van der Waals surface area (Å²) >= 11 is 3.21. The summed E-state index contributed by atoms with van der Waals surface area (Å²) in [6, 6.07) is 5.27. The zero-order chi connectivity index (χ0) is 10.7. The number of carboxylic acid groups (broad SMARTS) is 1. The van der Waals surface area contributed by atoms with E-state index < -0.39 is 12.4 Å². The summed E-state index contributed by atoms with van der Waals surface area (Å²) in [4.78, 5) is 21.8. The van der Waals surface area contributed by atoms with Crippen molar-refractivity contribution in [2.75, 3.05) is 0 Å². The summed E-state index contributed by atoms with van der Waals surface area (Å²) in [6.07, 6.45) is -0.470. The Hall–Kier alpha value is -1.16. The summed E-state index contributed by atoms with van der Waals surface area (Å²) in [5, 5.41) is 8.47. The van der Waals surface area contributed by atoms with Crippen LogP contribution in [0.25, 0.3) is 0 Å². The number of halogens is 1. The molecule has 74 valence electrons. The van der Waals surface area contributed by atoms with E-state index >= 15 is 0 Å². The first-order valence-corrected chi connectivity index (χ1v) is 4.81. The van der Waals surface area contributed by atoms with E-state index in [1.807, 2.05) is 13.0 Å². The molecule has 0 aliphatic rings. The lowest BCUT2D eigenvalue weighted by Gasteiger charge is -2.02. The molecule has 0 bridgehead atoms. The molecule has 0 spiro atoms. The summed E-state index contributed by atoms with van der Waals surface area (Å²) in [5.74, 6) is -1.49. The van der Waals surface area contributed by atoms with Gasteiger partial charge in [-0.2, -0.15) is 0 Å². The van der Waals surface area contributed by atoms with Crippen LogP contribution in [0, 0.1) is 6.92 Å². The third-order valence-electron chi connectivity index (χ3n) is 1.73. The van der Waals surface area contributed by atoms with Gasteiger partial charge in [0.05, 0.1) is 0 Å². The van der Waals surface area contributed by atoms with Crippen LogP contribution in [0.4, 0.5) is 0 Å². The zero-order valence-corrected chi connectivity index (χ0v) is 9.17. The van der Waals surface area contributed by atoms with Gasteiger partial charge in [-0.25, -0.2) is 0 Å². The SMILES string of the molecule is Cc1ccc(Br)c(C(=O)CC(=O)O)c1. The monoisotopic (exact) mass is 256 g/mol. The molecule has 0 saturated carbocycles. The predicted molar refractivity (Wildman–Crippen MR) is 55.5 cm³/mol. The van der Waals surface area contributed by atoms with Crippen LogP contribution in [-0.2, 0) is 4.79 Å². The number of carbonyl (C=O) groups is 2. The Kier molecular flexibility index (Phi) is 3.41. The Morgan fingerprint density at radius 1 is 1.43 bits per heavy atom. The highest BCUT2D eigenvalue weighted by Crippen LogP contribution is 2.19. The van der Waals surface area contributed by atoms with E-state index in [2.05, 4.69) is 15.9 Å². The predicted octanol–water partition coefficient (Wildman–Crippen LogP) is 2.41. The summed E-state index contributed by atoms with van der Waals surface area (Å²) in [7, 11) is 0. The fourth-order valence-corrected chi connectivity index (χ4v) is 1.55. The second kappa shape index (κ2) is 4.37. The lowest BCUT2D eigenvalue weighted by atomic mass is 10.1. The number of carbonyl (C=O) groups excluding carboxylic acids is 1. The first-order chi connectivity index (χ1) is 6.50.